The van der Waals surface area contributed by atoms with Crippen molar-refractivity contribution in [3.63, 3.8) is 0 Å². The van der Waals surface area contributed by atoms with Crippen molar-refractivity contribution >= 4 is 17.2 Å². The summed E-state index contributed by atoms with van der Waals surface area (Å²) in [6.45, 7) is 3.02. The van der Waals surface area contributed by atoms with Gasteiger partial charge in [0.1, 0.15) is 5.76 Å². The van der Waals surface area contributed by atoms with Gasteiger partial charge in [-0.15, -0.1) is 0 Å². The molecule has 3 rings (SSSR count). The highest BCUT2D eigenvalue weighted by Gasteiger charge is 2.33. The lowest BCUT2D eigenvalue weighted by molar-refractivity contribution is -0.385. The van der Waals surface area contributed by atoms with Crippen LogP contribution < -0.4 is 5.32 Å². The van der Waals surface area contributed by atoms with Gasteiger partial charge in [-0.25, -0.2) is 0 Å². The van der Waals surface area contributed by atoms with Gasteiger partial charge in [0, 0.05) is 29.8 Å². The fraction of sp³-hybridized carbons (Fsp3) is 0.211. The number of nitro groups is 2. The first-order valence-electron chi connectivity index (χ1n) is 8.41. The van der Waals surface area contributed by atoms with Crippen molar-refractivity contribution < 1.29 is 19.4 Å². The summed E-state index contributed by atoms with van der Waals surface area (Å²) in [5.41, 5.74) is 1.19. The third-order valence-corrected chi connectivity index (χ3v) is 4.46. The number of ketones is 1. The molecule has 2 unspecified atom stereocenters. The highest BCUT2D eigenvalue weighted by Crippen LogP contribution is 2.37. The van der Waals surface area contributed by atoms with E-state index in [0.29, 0.717) is 22.5 Å². The Morgan fingerprint density at radius 3 is 2.07 bits per heavy atom. The van der Waals surface area contributed by atoms with Crippen LogP contribution in [-0.2, 0) is 9.53 Å². The van der Waals surface area contributed by atoms with E-state index in [1.165, 1.54) is 31.2 Å². The third-order valence-electron chi connectivity index (χ3n) is 4.46. The largest absolute Gasteiger partial charge is 0.475 e. The summed E-state index contributed by atoms with van der Waals surface area (Å²) >= 11 is 0. The minimum absolute atomic E-state index is 0.0891. The standard InChI is InChI=1S/C19H17N3O6/c1-11(23)17-12(2)28-19(14-6-4-8-16(10-14)22(26)27)20-18(17)13-5-3-7-15(9-13)21(24)25/h3-10,18-20H,1-2H3. The molecular weight excluding hydrogens is 366 g/mol. The molecule has 0 radical (unpaired) electrons. The van der Waals surface area contributed by atoms with E-state index >= 15 is 0 Å². The maximum Gasteiger partial charge on any atom is 0.269 e. The highest BCUT2D eigenvalue weighted by molar-refractivity contribution is 5.95. The lowest BCUT2D eigenvalue weighted by Gasteiger charge is -2.34. The van der Waals surface area contributed by atoms with Gasteiger partial charge >= 0.3 is 0 Å². The first-order chi connectivity index (χ1) is 13.3. The first-order valence-corrected chi connectivity index (χ1v) is 8.41. The van der Waals surface area contributed by atoms with Gasteiger partial charge in [-0.2, -0.15) is 0 Å². The summed E-state index contributed by atoms with van der Waals surface area (Å²) in [4.78, 5) is 33.4. The van der Waals surface area contributed by atoms with Crippen molar-refractivity contribution in [3.05, 3.63) is 91.2 Å². The molecule has 0 bridgehead atoms. The number of rotatable bonds is 5. The molecule has 1 aliphatic heterocycles. The van der Waals surface area contributed by atoms with E-state index in [1.54, 1.807) is 31.2 Å². The molecule has 9 heteroatoms. The molecule has 0 saturated heterocycles. The first kappa shape index (κ1) is 19.2. The van der Waals surface area contributed by atoms with Crippen LogP contribution in [-0.4, -0.2) is 15.6 Å². The van der Waals surface area contributed by atoms with Crippen LogP contribution in [0, 0.1) is 20.2 Å². The normalized spacial score (nSPS) is 19.1. The summed E-state index contributed by atoms with van der Waals surface area (Å²) in [7, 11) is 0. The number of nitrogens with one attached hydrogen (secondary N) is 1. The number of ether oxygens (including phenoxy) is 1. The quantitative estimate of drug-likeness (QED) is 0.616. The Balaban J connectivity index is 2.05. The average Bonchev–Trinajstić information content (AvgIpc) is 2.67. The summed E-state index contributed by atoms with van der Waals surface area (Å²) in [5.74, 6) is 0.123. The number of nitro benzene ring substituents is 2. The monoisotopic (exact) mass is 383 g/mol. The molecule has 1 N–H and O–H groups in total. The van der Waals surface area contributed by atoms with Gasteiger partial charge in [-0.1, -0.05) is 24.3 Å². The van der Waals surface area contributed by atoms with Crippen molar-refractivity contribution in [2.24, 2.45) is 0 Å². The number of allylic oxidation sites excluding steroid dienone is 1. The van der Waals surface area contributed by atoms with E-state index in [-0.39, 0.29) is 17.2 Å². The Hall–Kier alpha value is -3.59. The maximum atomic E-state index is 12.2. The SMILES string of the molecule is CC(=O)C1=C(C)OC(c2cccc([N+](=O)[O-])c2)NC1c1cccc([N+](=O)[O-])c1. The van der Waals surface area contributed by atoms with E-state index in [1.807, 2.05) is 0 Å². The number of hydrogen-bond acceptors (Lipinski definition) is 7. The molecule has 0 spiro atoms. The fourth-order valence-corrected chi connectivity index (χ4v) is 3.21. The van der Waals surface area contributed by atoms with Crippen molar-refractivity contribution in [1.82, 2.24) is 5.32 Å². The molecule has 28 heavy (non-hydrogen) atoms. The maximum absolute atomic E-state index is 12.2. The summed E-state index contributed by atoms with van der Waals surface area (Å²) in [6, 6.07) is 11.3. The third kappa shape index (κ3) is 3.74. The number of non-ortho nitro benzene ring substituents is 2. The van der Waals surface area contributed by atoms with Crippen LogP contribution in [0.2, 0.25) is 0 Å². The molecule has 144 valence electrons. The number of carbonyl (C=O) groups excluding carboxylic acids is 1. The molecular formula is C19H17N3O6. The smallest absolute Gasteiger partial charge is 0.269 e. The van der Waals surface area contributed by atoms with E-state index in [4.69, 9.17) is 4.74 Å². The molecule has 2 aromatic rings. The van der Waals surface area contributed by atoms with E-state index in [2.05, 4.69) is 5.32 Å². The Morgan fingerprint density at radius 2 is 1.54 bits per heavy atom. The van der Waals surface area contributed by atoms with Gasteiger partial charge in [-0.05, 0) is 19.4 Å². The number of Topliss-reactive ketones (excluding diaryl/α,β-unsaturated/α-hetero) is 1. The molecule has 1 aliphatic rings. The van der Waals surface area contributed by atoms with Gasteiger partial charge in [0.05, 0.1) is 21.5 Å². The van der Waals surface area contributed by atoms with Crippen molar-refractivity contribution in [3.8, 4) is 0 Å². The Morgan fingerprint density at radius 1 is 1.00 bits per heavy atom. The average molecular weight is 383 g/mol. The van der Waals surface area contributed by atoms with Crippen LogP contribution in [0.25, 0.3) is 0 Å². The second kappa shape index (κ2) is 7.57. The number of nitrogens with zero attached hydrogens (tertiary/aromatic N) is 2. The van der Waals surface area contributed by atoms with Crippen molar-refractivity contribution in [2.75, 3.05) is 0 Å². The van der Waals surface area contributed by atoms with Gasteiger partial charge in [0.2, 0.25) is 0 Å². The van der Waals surface area contributed by atoms with E-state index in [9.17, 15) is 25.0 Å². The predicted octanol–water partition coefficient (Wildman–Crippen LogP) is 3.73. The van der Waals surface area contributed by atoms with Gasteiger partial charge in [0.25, 0.3) is 11.4 Å². The lowest BCUT2D eigenvalue weighted by Crippen LogP contribution is -2.36. The van der Waals surface area contributed by atoms with Crippen LogP contribution in [0.15, 0.2) is 59.9 Å². The molecule has 2 atom stereocenters. The summed E-state index contributed by atoms with van der Waals surface area (Å²) in [6.07, 6.45) is -0.757. The van der Waals surface area contributed by atoms with Gasteiger partial charge < -0.3 is 4.74 Å². The molecule has 0 aliphatic carbocycles. The van der Waals surface area contributed by atoms with Crippen LogP contribution in [0.3, 0.4) is 0 Å². The topological polar surface area (TPSA) is 125 Å². The van der Waals surface area contributed by atoms with Gasteiger partial charge in [0.15, 0.2) is 12.0 Å². The zero-order valence-electron chi connectivity index (χ0n) is 15.1. The number of benzene rings is 2. The second-order valence-electron chi connectivity index (χ2n) is 6.33. The fourth-order valence-electron chi connectivity index (χ4n) is 3.21. The van der Waals surface area contributed by atoms with Crippen LogP contribution >= 0.6 is 0 Å². The van der Waals surface area contributed by atoms with E-state index < -0.39 is 22.1 Å². The zero-order chi connectivity index (χ0) is 20.4. The summed E-state index contributed by atoms with van der Waals surface area (Å²) in [5, 5.41) is 25.3. The Labute approximate surface area is 159 Å². The van der Waals surface area contributed by atoms with Gasteiger partial charge in [-0.3, -0.25) is 30.3 Å². The second-order valence-corrected chi connectivity index (χ2v) is 6.33. The number of carbonyl (C=O) groups is 1. The predicted molar refractivity (Wildman–Crippen MR) is 99.3 cm³/mol. The lowest BCUT2D eigenvalue weighted by atomic mass is 9.92. The van der Waals surface area contributed by atoms with Crippen LogP contribution in [0.5, 0.6) is 0 Å². The Kier molecular flexibility index (Phi) is 5.18. The van der Waals surface area contributed by atoms with Crippen LogP contribution in [0.1, 0.15) is 37.2 Å². The molecule has 0 saturated carbocycles. The molecule has 2 aromatic carbocycles. The molecule has 0 amide bonds. The molecule has 1 heterocycles. The molecule has 9 nitrogen and oxygen atoms in total. The van der Waals surface area contributed by atoms with Crippen molar-refractivity contribution in [1.29, 1.82) is 0 Å². The molecule has 0 aromatic heterocycles. The zero-order valence-corrected chi connectivity index (χ0v) is 15.1. The van der Waals surface area contributed by atoms with E-state index in [0.717, 1.165) is 0 Å². The van der Waals surface area contributed by atoms with Crippen molar-refractivity contribution in [2.45, 2.75) is 26.1 Å². The van der Waals surface area contributed by atoms with Crippen LogP contribution in [0.4, 0.5) is 11.4 Å². The Bertz CT molecular complexity index is 1000. The number of hydrogen-bond donors (Lipinski definition) is 1. The minimum atomic E-state index is -0.757. The molecule has 0 fully saturated rings. The minimum Gasteiger partial charge on any atom is -0.475 e. The highest BCUT2D eigenvalue weighted by atomic mass is 16.6. The summed E-state index contributed by atoms with van der Waals surface area (Å²) < 4.78 is 5.80.